The molecular weight excluding hydrogens is 338 g/mol. The molecule has 0 aliphatic rings. The van der Waals surface area contributed by atoms with Crippen LogP contribution in [0.3, 0.4) is 0 Å². The molecule has 0 N–H and O–H groups in total. The van der Waals surface area contributed by atoms with E-state index < -0.39 is 0 Å². The lowest BCUT2D eigenvalue weighted by molar-refractivity contribution is 0.291. The van der Waals surface area contributed by atoms with E-state index >= 15 is 0 Å². The van der Waals surface area contributed by atoms with Crippen molar-refractivity contribution in [1.29, 1.82) is 0 Å². The highest BCUT2D eigenvalue weighted by Gasteiger charge is 2.25. The van der Waals surface area contributed by atoms with Gasteiger partial charge in [0.2, 0.25) is 0 Å². The molecule has 0 aliphatic carbocycles. The molecule has 0 spiro atoms. The molecule has 1 heteroatoms. The number of quaternary nitrogens is 1. The van der Waals surface area contributed by atoms with Crippen LogP contribution in [0, 0.1) is 6.92 Å². The van der Waals surface area contributed by atoms with Crippen LogP contribution in [-0.2, 0) is 0 Å². The van der Waals surface area contributed by atoms with Gasteiger partial charge in [0.25, 0.3) is 0 Å². The third-order valence-corrected chi connectivity index (χ3v) is 6.73. The fraction of sp³-hybridized carbons (Fsp3) is 0.778. The van der Waals surface area contributed by atoms with Crippen molar-refractivity contribution in [2.45, 2.75) is 118 Å². The third kappa shape index (κ3) is 10.1. The summed E-state index contributed by atoms with van der Waals surface area (Å²) in [7, 11) is 0. The molecule has 1 aromatic carbocycles. The first-order valence-electron chi connectivity index (χ1n) is 12.6. The number of hydrogen-bond donors (Lipinski definition) is 0. The highest BCUT2D eigenvalue weighted by Crippen LogP contribution is 2.25. The van der Waals surface area contributed by atoms with E-state index in [1.165, 1.54) is 121 Å². The summed E-state index contributed by atoms with van der Waals surface area (Å²) in [5.41, 5.74) is 2.87. The zero-order valence-electron chi connectivity index (χ0n) is 19.8. The van der Waals surface area contributed by atoms with Crippen molar-refractivity contribution in [3.05, 3.63) is 29.8 Å². The lowest BCUT2D eigenvalue weighted by Crippen LogP contribution is -2.49. The molecular formula is C27H50N+. The van der Waals surface area contributed by atoms with Crippen molar-refractivity contribution >= 4 is 5.69 Å². The van der Waals surface area contributed by atoms with Gasteiger partial charge in [0.05, 0.1) is 19.6 Å². The number of unbranched alkanes of at least 4 members (excludes halogenated alkanes) is 13. The Labute approximate surface area is 177 Å². The fourth-order valence-electron chi connectivity index (χ4n) is 4.50. The first-order chi connectivity index (χ1) is 13.7. The second-order valence-corrected chi connectivity index (χ2v) is 8.93. The maximum absolute atomic E-state index is 2.35. The number of hydrogen-bond acceptors (Lipinski definition) is 0. The molecule has 0 radical (unpaired) electrons. The highest BCUT2D eigenvalue weighted by molar-refractivity contribution is 5.44. The van der Waals surface area contributed by atoms with Gasteiger partial charge in [-0.3, -0.25) is 4.48 Å². The van der Waals surface area contributed by atoms with E-state index in [2.05, 4.69) is 52.0 Å². The number of aryl methyl sites for hydroxylation is 1. The maximum Gasteiger partial charge on any atom is 0.132 e. The van der Waals surface area contributed by atoms with Crippen molar-refractivity contribution in [1.82, 2.24) is 4.48 Å². The van der Waals surface area contributed by atoms with Gasteiger partial charge in [0, 0.05) is 0 Å². The molecule has 1 nitrogen and oxygen atoms in total. The molecule has 0 unspecified atom stereocenters. The highest BCUT2D eigenvalue weighted by atomic mass is 15.3. The van der Waals surface area contributed by atoms with Crippen molar-refractivity contribution in [3.63, 3.8) is 0 Å². The van der Waals surface area contributed by atoms with E-state index in [4.69, 9.17) is 0 Å². The Balaban J connectivity index is 2.07. The zero-order chi connectivity index (χ0) is 20.5. The lowest BCUT2D eigenvalue weighted by atomic mass is 10.0. The predicted molar refractivity (Wildman–Crippen MR) is 129 cm³/mol. The minimum Gasteiger partial charge on any atom is -0.292 e. The summed E-state index contributed by atoms with van der Waals surface area (Å²) >= 11 is 0. The van der Waals surface area contributed by atoms with Gasteiger partial charge in [0.1, 0.15) is 5.69 Å². The van der Waals surface area contributed by atoms with Crippen LogP contribution in [0.1, 0.15) is 116 Å². The van der Waals surface area contributed by atoms with Crippen LogP contribution >= 0.6 is 0 Å². The SMILES string of the molecule is CCCCCCCCCCCCCCCC[N+](CC)(CC)c1ccc(C)cc1. The van der Waals surface area contributed by atoms with E-state index in [1.54, 1.807) is 0 Å². The number of nitrogens with zero attached hydrogens (tertiary/aromatic N) is 1. The molecule has 0 saturated carbocycles. The Morgan fingerprint density at radius 2 is 0.929 bits per heavy atom. The van der Waals surface area contributed by atoms with E-state index in [1.807, 2.05) is 0 Å². The second-order valence-electron chi connectivity index (χ2n) is 8.93. The van der Waals surface area contributed by atoms with Crippen molar-refractivity contribution in [2.75, 3.05) is 19.6 Å². The van der Waals surface area contributed by atoms with Gasteiger partial charge < -0.3 is 0 Å². The quantitative estimate of drug-likeness (QED) is 0.174. The molecule has 1 aromatic rings. The Morgan fingerprint density at radius 3 is 1.32 bits per heavy atom. The molecule has 0 aromatic heterocycles. The van der Waals surface area contributed by atoms with Crippen LogP contribution in [-0.4, -0.2) is 19.6 Å². The summed E-state index contributed by atoms with van der Waals surface area (Å²) in [5, 5.41) is 0. The van der Waals surface area contributed by atoms with Crippen LogP contribution in [0.4, 0.5) is 5.69 Å². The average Bonchev–Trinajstić information content (AvgIpc) is 2.72. The minimum absolute atomic E-state index is 1.15. The third-order valence-electron chi connectivity index (χ3n) is 6.73. The van der Waals surface area contributed by atoms with E-state index in [0.717, 1.165) is 4.48 Å². The van der Waals surface area contributed by atoms with Gasteiger partial charge in [-0.25, -0.2) is 0 Å². The normalized spacial score (nSPS) is 11.9. The molecule has 0 saturated heterocycles. The Hall–Kier alpha value is -0.820. The van der Waals surface area contributed by atoms with Crippen LogP contribution in [0.15, 0.2) is 24.3 Å². The lowest BCUT2D eigenvalue weighted by Gasteiger charge is -2.36. The molecule has 0 fully saturated rings. The molecule has 28 heavy (non-hydrogen) atoms. The maximum atomic E-state index is 2.35. The molecule has 1 rings (SSSR count). The fourth-order valence-corrected chi connectivity index (χ4v) is 4.50. The predicted octanol–water partition coefficient (Wildman–Crippen LogP) is 8.82. The average molecular weight is 389 g/mol. The molecule has 0 aliphatic heterocycles. The van der Waals surface area contributed by atoms with Crippen LogP contribution in [0.5, 0.6) is 0 Å². The van der Waals surface area contributed by atoms with E-state index in [0.29, 0.717) is 0 Å². The first kappa shape index (κ1) is 25.2. The van der Waals surface area contributed by atoms with Crippen molar-refractivity contribution in [2.24, 2.45) is 0 Å². The van der Waals surface area contributed by atoms with Crippen LogP contribution in [0.2, 0.25) is 0 Å². The Kier molecular flexibility index (Phi) is 14.4. The summed E-state index contributed by atoms with van der Waals surface area (Å²) in [6.07, 6.45) is 20.1. The summed E-state index contributed by atoms with van der Waals surface area (Å²) in [5.74, 6) is 0. The van der Waals surface area contributed by atoms with Crippen LogP contribution < -0.4 is 4.48 Å². The minimum atomic E-state index is 1.15. The van der Waals surface area contributed by atoms with Crippen LogP contribution in [0.25, 0.3) is 0 Å². The van der Waals surface area contributed by atoms with Gasteiger partial charge in [-0.15, -0.1) is 0 Å². The Bertz CT molecular complexity index is 458. The van der Waals surface area contributed by atoms with Gasteiger partial charge in [-0.1, -0.05) is 102 Å². The first-order valence-corrected chi connectivity index (χ1v) is 12.6. The monoisotopic (exact) mass is 388 g/mol. The number of benzene rings is 1. The summed E-state index contributed by atoms with van der Waals surface area (Å²) in [4.78, 5) is 0. The van der Waals surface area contributed by atoms with Gasteiger partial charge in [-0.05, 0) is 45.7 Å². The van der Waals surface area contributed by atoms with Gasteiger partial charge in [0.15, 0.2) is 0 Å². The zero-order valence-corrected chi connectivity index (χ0v) is 19.8. The molecule has 162 valence electrons. The Morgan fingerprint density at radius 1 is 0.536 bits per heavy atom. The molecule has 0 bridgehead atoms. The molecule has 0 heterocycles. The van der Waals surface area contributed by atoms with Crippen molar-refractivity contribution in [3.8, 4) is 0 Å². The summed E-state index contributed by atoms with van der Waals surface area (Å²) in [6, 6.07) is 9.26. The largest absolute Gasteiger partial charge is 0.292 e. The topological polar surface area (TPSA) is 0 Å². The molecule has 0 atom stereocenters. The van der Waals surface area contributed by atoms with Crippen molar-refractivity contribution < 1.29 is 0 Å². The van der Waals surface area contributed by atoms with Gasteiger partial charge in [-0.2, -0.15) is 0 Å². The molecule has 0 amide bonds. The standard InChI is InChI=1S/C27H50N/c1-5-8-9-10-11-12-13-14-15-16-17-18-19-20-25-28(6-2,7-3)27-23-21-26(4)22-24-27/h21-24H,5-20,25H2,1-4H3/q+1. The summed E-state index contributed by atoms with van der Waals surface area (Å²) < 4.78 is 1.15. The summed E-state index contributed by atoms with van der Waals surface area (Å²) in [6.45, 7) is 12.9. The van der Waals surface area contributed by atoms with E-state index in [9.17, 15) is 0 Å². The smallest absolute Gasteiger partial charge is 0.132 e. The van der Waals surface area contributed by atoms with E-state index in [-0.39, 0.29) is 0 Å². The van der Waals surface area contributed by atoms with Gasteiger partial charge >= 0.3 is 0 Å². The second kappa shape index (κ2) is 16.0. The number of rotatable bonds is 18.